The molecule has 0 fully saturated rings. The Hall–Kier alpha value is -2.62. The van der Waals surface area contributed by atoms with Crippen molar-refractivity contribution in [3.05, 3.63) is 64.7 Å². The van der Waals surface area contributed by atoms with E-state index in [1.807, 2.05) is 6.92 Å². The van der Waals surface area contributed by atoms with Gasteiger partial charge in [-0.2, -0.15) is 0 Å². The maximum Gasteiger partial charge on any atom is 0.336 e. The molecule has 0 atom stereocenters. The molecular weight excluding hydrogens is 256 g/mol. The fourth-order valence-electron chi connectivity index (χ4n) is 2.00. The normalized spacial score (nSPS) is 10.2. The van der Waals surface area contributed by atoms with Crippen molar-refractivity contribution >= 4 is 11.8 Å². The summed E-state index contributed by atoms with van der Waals surface area (Å²) >= 11 is 0. The van der Waals surface area contributed by atoms with E-state index in [2.05, 4.69) is 0 Å². The number of rotatable bonds is 4. The second kappa shape index (κ2) is 5.57. The van der Waals surface area contributed by atoms with E-state index >= 15 is 0 Å². The first-order chi connectivity index (χ1) is 9.54. The first-order valence-electron chi connectivity index (χ1n) is 6.23. The summed E-state index contributed by atoms with van der Waals surface area (Å²) in [6.45, 7) is 1.94. The molecule has 2 aromatic rings. The van der Waals surface area contributed by atoms with E-state index in [9.17, 15) is 14.7 Å². The van der Waals surface area contributed by atoms with Gasteiger partial charge < -0.3 is 10.2 Å². The Balaban J connectivity index is 2.49. The van der Waals surface area contributed by atoms with Gasteiger partial charge in [0.15, 0.2) is 5.78 Å². The lowest BCUT2D eigenvalue weighted by Crippen LogP contribution is -2.09. The number of hydrogen-bond acceptors (Lipinski definition) is 3. The lowest BCUT2D eigenvalue weighted by atomic mass is 9.96. The number of carbonyl (C=O) groups excluding carboxylic acids is 1. The average Bonchev–Trinajstić information content (AvgIpc) is 2.46. The quantitative estimate of drug-likeness (QED) is 0.838. The number of phenolic OH excluding ortho intramolecular Hbond substituents is 1. The van der Waals surface area contributed by atoms with Crippen LogP contribution in [-0.4, -0.2) is 22.0 Å². The Morgan fingerprint density at radius 1 is 1.00 bits per heavy atom. The summed E-state index contributed by atoms with van der Waals surface area (Å²) in [6.07, 6.45) is 0.744. The van der Waals surface area contributed by atoms with Gasteiger partial charge in [0.25, 0.3) is 0 Å². The number of carboxylic acids is 1. The van der Waals surface area contributed by atoms with E-state index in [1.54, 1.807) is 18.2 Å². The van der Waals surface area contributed by atoms with Crippen molar-refractivity contribution in [2.24, 2.45) is 0 Å². The fraction of sp³-hybridized carbons (Fsp3) is 0.125. The minimum absolute atomic E-state index is 0.0690. The molecular formula is C16H14O4. The number of carboxylic acid groups (broad SMARTS) is 1. The molecule has 2 N–H and O–H groups in total. The van der Waals surface area contributed by atoms with Gasteiger partial charge in [0.2, 0.25) is 0 Å². The third-order valence-electron chi connectivity index (χ3n) is 3.12. The molecule has 102 valence electrons. The number of aryl methyl sites for hydroxylation is 1. The van der Waals surface area contributed by atoms with Crippen LogP contribution in [0.4, 0.5) is 0 Å². The molecule has 0 aliphatic heterocycles. The van der Waals surface area contributed by atoms with Crippen LogP contribution in [0.3, 0.4) is 0 Å². The molecule has 0 aliphatic rings. The zero-order valence-corrected chi connectivity index (χ0v) is 11.0. The van der Waals surface area contributed by atoms with Crippen LogP contribution in [0.25, 0.3) is 0 Å². The molecule has 0 aliphatic carbocycles. The van der Waals surface area contributed by atoms with Gasteiger partial charge in [-0.3, -0.25) is 4.79 Å². The molecule has 0 radical (unpaired) electrons. The zero-order chi connectivity index (χ0) is 14.7. The molecule has 4 nitrogen and oxygen atoms in total. The van der Waals surface area contributed by atoms with Crippen molar-refractivity contribution < 1.29 is 19.8 Å². The standard InChI is InChI=1S/C16H14O4/c1-2-10-7-8-13(14(17)9-10)15(18)11-5-3-4-6-12(11)16(19)20/h3-9,17H,2H2,1H3,(H,19,20). The lowest BCUT2D eigenvalue weighted by Gasteiger charge is -2.08. The molecule has 0 amide bonds. The van der Waals surface area contributed by atoms with Crippen LogP contribution in [0.5, 0.6) is 5.75 Å². The van der Waals surface area contributed by atoms with Gasteiger partial charge in [-0.25, -0.2) is 4.79 Å². The summed E-state index contributed by atoms with van der Waals surface area (Å²) in [6, 6.07) is 10.8. The molecule has 2 aromatic carbocycles. The molecule has 0 unspecified atom stereocenters. The van der Waals surface area contributed by atoms with E-state index in [1.165, 1.54) is 24.3 Å². The Labute approximate surface area is 116 Å². The smallest absolute Gasteiger partial charge is 0.336 e. The number of hydrogen-bond donors (Lipinski definition) is 2. The maximum atomic E-state index is 12.4. The van der Waals surface area contributed by atoms with E-state index in [-0.39, 0.29) is 22.4 Å². The largest absolute Gasteiger partial charge is 0.507 e. The van der Waals surface area contributed by atoms with E-state index in [4.69, 9.17) is 5.11 Å². The lowest BCUT2D eigenvalue weighted by molar-refractivity contribution is 0.0692. The van der Waals surface area contributed by atoms with Crippen molar-refractivity contribution in [1.82, 2.24) is 0 Å². The molecule has 4 heteroatoms. The second-order valence-corrected chi connectivity index (χ2v) is 4.38. The van der Waals surface area contributed by atoms with Crippen LogP contribution in [0, 0.1) is 0 Å². The number of benzene rings is 2. The van der Waals surface area contributed by atoms with Gasteiger partial charge in [0.1, 0.15) is 5.75 Å². The Bertz CT molecular complexity index is 674. The average molecular weight is 270 g/mol. The number of aromatic hydroxyl groups is 1. The number of aromatic carboxylic acids is 1. The highest BCUT2D eigenvalue weighted by Crippen LogP contribution is 2.24. The Morgan fingerprint density at radius 2 is 1.65 bits per heavy atom. The number of phenols is 1. The zero-order valence-electron chi connectivity index (χ0n) is 11.0. The van der Waals surface area contributed by atoms with Gasteiger partial charge >= 0.3 is 5.97 Å². The summed E-state index contributed by atoms with van der Waals surface area (Å²) in [7, 11) is 0. The minimum atomic E-state index is -1.17. The van der Waals surface area contributed by atoms with Crippen LogP contribution in [0.2, 0.25) is 0 Å². The Morgan fingerprint density at radius 3 is 2.20 bits per heavy atom. The third kappa shape index (κ3) is 2.54. The molecule has 0 bridgehead atoms. The molecule has 0 saturated carbocycles. The summed E-state index contributed by atoms with van der Waals surface area (Å²) in [5.74, 6) is -1.80. The van der Waals surface area contributed by atoms with Crippen molar-refractivity contribution in [1.29, 1.82) is 0 Å². The SMILES string of the molecule is CCc1ccc(C(=O)c2ccccc2C(=O)O)c(O)c1. The van der Waals surface area contributed by atoms with Gasteiger partial charge in [-0.15, -0.1) is 0 Å². The fourth-order valence-corrected chi connectivity index (χ4v) is 2.00. The molecule has 0 spiro atoms. The van der Waals surface area contributed by atoms with Crippen molar-refractivity contribution in [3.63, 3.8) is 0 Å². The maximum absolute atomic E-state index is 12.4. The van der Waals surface area contributed by atoms with Crippen molar-refractivity contribution in [3.8, 4) is 5.75 Å². The highest BCUT2D eigenvalue weighted by molar-refractivity contribution is 6.15. The minimum Gasteiger partial charge on any atom is -0.507 e. The molecule has 0 aromatic heterocycles. The van der Waals surface area contributed by atoms with Crippen LogP contribution in [-0.2, 0) is 6.42 Å². The number of ketones is 1. The summed E-state index contributed by atoms with van der Waals surface area (Å²) in [5, 5.41) is 19.0. The van der Waals surface area contributed by atoms with Crippen molar-refractivity contribution in [2.45, 2.75) is 13.3 Å². The van der Waals surface area contributed by atoms with Crippen LogP contribution < -0.4 is 0 Å². The van der Waals surface area contributed by atoms with E-state index < -0.39 is 11.8 Å². The molecule has 20 heavy (non-hydrogen) atoms. The van der Waals surface area contributed by atoms with Crippen LogP contribution in [0.1, 0.15) is 38.8 Å². The summed E-state index contributed by atoms with van der Waals surface area (Å²) < 4.78 is 0. The second-order valence-electron chi connectivity index (χ2n) is 4.38. The highest BCUT2D eigenvalue weighted by Gasteiger charge is 2.19. The van der Waals surface area contributed by atoms with Crippen LogP contribution in [0.15, 0.2) is 42.5 Å². The first kappa shape index (κ1) is 13.8. The highest BCUT2D eigenvalue weighted by atomic mass is 16.4. The first-order valence-corrected chi connectivity index (χ1v) is 6.23. The monoisotopic (exact) mass is 270 g/mol. The van der Waals surface area contributed by atoms with Gasteiger partial charge in [-0.05, 0) is 30.2 Å². The predicted molar refractivity (Wildman–Crippen MR) is 74.3 cm³/mol. The predicted octanol–water partition coefficient (Wildman–Crippen LogP) is 2.88. The van der Waals surface area contributed by atoms with Crippen LogP contribution >= 0.6 is 0 Å². The van der Waals surface area contributed by atoms with E-state index in [0.717, 1.165) is 12.0 Å². The Kier molecular flexibility index (Phi) is 3.84. The van der Waals surface area contributed by atoms with Gasteiger partial charge in [0.05, 0.1) is 11.1 Å². The van der Waals surface area contributed by atoms with E-state index in [0.29, 0.717) is 0 Å². The topological polar surface area (TPSA) is 74.6 Å². The van der Waals surface area contributed by atoms with Gasteiger partial charge in [-0.1, -0.05) is 31.2 Å². The third-order valence-corrected chi connectivity index (χ3v) is 3.12. The summed E-state index contributed by atoms with van der Waals surface area (Å²) in [4.78, 5) is 23.5. The van der Waals surface area contributed by atoms with Crippen molar-refractivity contribution in [2.75, 3.05) is 0 Å². The number of carbonyl (C=O) groups is 2. The molecule has 2 rings (SSSR count). The molecule has 0 saturated heterocycles. The summed E-state index contributed by atoms with van der Waals surface area (Å²) in [5.41, 5.74) is 1.01. The van der Waals surface area contributed by atoms with Gasteiger partial charge in [0, 0.05) is 5.56 Å². The molecule has 0 heterocycles.